The van der Waals surface area contributed by atoms with Gasteiger partial charge in [-0.2, -0.15) is 0 Å². The SMILES string of the molecule is CCCCCCCCCCCCCC[C@@H]1OC[C@H]2[C@@H]1OC(C)(C)N2C(=O)OC(C)(C)C. The molecule has 2 aliphatic heterocycles. The van der Waals surface area contributed by atoms with Gasteiger partial charge in [0, 0.05) is 0 Å². The van der Waals surface area contributed by atoms with Crippen LogP contribution in [-0.2, 0) is 14.2 Å². The Balaban J connectivity index is 1.61. The van der Waals surface area contributed by atoms with Gasteiger partial charge in [0.25, 0.3) is 0 Å². The van der Waals surface area contributed by atoms with E-state index in [-0.39, 0.29) is 24.3 Å². The van der Waals surface area contributed by atoms with E-state index in [0.29, 0.717) is 6.61 Å². The first-order chi connectivity index (χ1) is 14.7. The Hall–Kier alpha value is -0.810. The maximum Gasteiger partial charge on any atom is 0.412 e. The van der Waals surface area contributed by atoms with E-state index in [9.17, 15) is 4.79 Å². The van der Waals surface area contributed by atoms with E-state index in [4.69, 9.17) is 14.2 Å². The van der Waals surface area contributed by atoms with Crippen LogP contribution in [0.1, 0.15) is 125 Å². The minimum atomic E-state index is -0.657. The van der Waals surface area contributed by atoms with Gasteiger partial charge in [-0.1, -0.05) is 84.0 Å². The zero-order valence-electron chi connectivity index (χ0n) is 21.2. The summed E-state index contributed by atoms with van der Waals surface area (Å²) in [7, 11) is 0. The van der Waals surface area contributed by atoms with Crippen LogP contribution in [0.25, 0.3) is 0 Å². The van der Waals surface area contributed by atoms with Crippen molar-refractivity contribution in [2.24, 2.45) is 0 Å². The Morgan fingerprint density at radius 3 is 1.97 bits per heavy atom. The molecule has 0 saturated carbocycles. The minimum Gasteiger partial charge on any atom is -0.444 e. The first kappa shape index (κ1) is 26.4. The largest absolute Gasteiger partial charge is 0.444 e. The second-order valence-electron chi connectivity index (χ2n) is 11.0. The summed E-state index contributed by atoms with van der Waals surface area (Å²) in [6.45, 7) is 12.4. The zero-order chi connectivity index (χ0) is 22.9. The third kappa shape index (κ3) is 8.57. The molecular weight excluding hydrogens is 390 g/mol. The number of carbonyl (C=O) groups is 1. The summed E-state index contributed by atoms with van der Waals surface area (Å²) in [5.41, 5.74) is -1.17. The average Bonchev–Trinajstić information content (AvgIpc) is 3.15. The maximum absolute atomic E-state index is 12.8. The van der Waals surface area contributed by atoms with Gasteiger partial charge in [-0.25, -0.2) is 4.79 Å². The maximum atomic E-state index is 12.8. The molecule has 2 aliphatic rings. The molecule has 2 saturated heterocycles. The van der Waals surface area contributed by atoms with Crippen molar-refractivity contribution in [3.8, 4) is 0 Å². The van der Waals surface area contributed by atoms with E-state index in [1.807, 2.05) is 34.6 Å². The number of hydrogen-bond acceptors (Lipinski definition) is 4. The zero-order valence-corrected chi connectivity index (χ0v) is 21.2. The van der Waals surface area contributed by atoms with E-state index in [2.05, 4.69) is 6.92 Å². The van der Waals surface area contributed by atoms with Crippen molar-refractivity contribution in [1.29, 1.82) is 0 Å². The number of amides is 1. The van der Waals surface area contributed by atoms with E-state index >= 15 is 0 Å². The molecule has 0 aromatic rings. The van der Waals surface area contributed by atoms with Crippen molar-refractivity contribution in [2.75, 3.05) is 6.61 Å². The average molecular weight is 440 g/mol. The lowest BCUT2D eigenvalue weighted by atomic mass is 10.0. The highest BCUT2D eigenvalue weighted by Crippen LogP contribution is 2.40. The van der Waals surface area contributed by atoms with E-state index in [0.717, 1.165) is 6.42 Å². The normalized spacial score (nSPS) is 25.1. The van der Waals surface area contributed by atoms with Gasteiger partial charge in [-0.05, 0) is 41.0 Å². The highest BCUT2D eigenvalue weighted by Gasteiger charge is 2.56. The second-order valence-corrected chi connectivity index (χ2v) is 11.0. The number of unbranched alkanes of at least 4 members (excludes halogenated alkanes) is 11. The fourth-order valence-corrected chi connectivity index (χ4v) is 4.93. The van der Waals surface area contributed by atoms with Crippen LogP contribution < -0.4 is 0 Å². The number of carbonyl (C=O) groups excluding carboxylic acids is 1. The summed E-state index contributed by atoms with van der Waals surface area (Å²) in [6, 6.07) is -0.0489. The highest BCUT2D eigenvalue weighted by molar-refractivity contribution is 5.70. The lowest BCUT2D eigenvalue weighted by molar-refractivity contribution is -0.115. The number of ether oxygens (including phenoxy) is 3. The number of rotatable bonds is 13. The molecule has 5 heteroatoms. The molecule has 0 spiro atoms. The van der Waals surface area contributed by atoms with Crippen molar-refractivity contribution in [3.05, 3.63) is 0 Å². The van der Waals surface area contributed by atoms with Gasteiger partial charge in [0.15, 0.2) is 0 Å². The first-order valence-corrected chi connectivity index (χ1v) is 13.0. The summed E-state index contributed by atoms with van der Waals surface area (Å²) in [4.78, 5) is 14.5. The van der Waals surface area contributed by atoms with Crippen LogP contribution in [0.2, 0.25) is 0 Å². The van der Waals surface area contributed by atoms with Gasteiger partial charge in [0.1, 0.15) is 17.4 Å². The van der Waals surface area contributed by atoms with Crippen molar-refractivity contribution < 1.29 is 19.0 Å². The van der Waals surface area contributed by atoms with E-state index in [1.165, 1.54) is 77.0 Å². The van der Waals surface area contributed by atoms with Crippen molar-refractivity contribution >= 4 is 6.09 Å². The van der Waals surface area contributed by atoms with Crippen LogP contribution in [0.3, 0.4) is 0 Å². The summed E-state index contributed by atoms with van der Waals surface area (Å²) >= 11 is 0. The monoisotopic (exact) mass is 439 g/mol. The van der Waals surface area contributed by atoms with Gasteiger partial charge in [0.05, 0.1) is 18.8 Å². The van der Waals surface area contributed by atoms with Crippen LogP contribution in [0, 0.1) is 0 Å². The summed E-state index contributed by atoms with van der Waals surface area (Å²) < 4.78 is 18.0. The molecule has 0 aromatic heterocycles. The summed E-state index contributed by atoms with van der Waals surface area (Å²) in [6.07, 6.45) is 17.0. The molecule has 0 unspecified atom stereocenters. The summed E-state index contributed by atoms with van der Waals surface area (Å²) in [5, 5.41) is 0. The Morgan fingerprint density at radius 1 is 0.935 bits per heavy atom. The number of hydrogen-bond donors (Lipinski definition) is 0. The van der Waals surface area contributed by atoms with Gasteiger partial charge < -0.3 is 14.2 Å². The van der Waals surface area contributed by atoms with E-state index < -0.39 is 11.3 Å². The highest BCUT2D eigenvalue weighted by atomic mass is 16.6. The lowest BCUT2D eigenvalue weighted by Gasteiger charge is -2.34. The molecule has 2 heterocycles. The van der Waals surface area contributed by atoms with Gasteiger partial charge in [-0.3, -0.25) is 4.90 Å². The fraction of sp³-hybridized carbons (Fsp3) is 0.962. The molecule has 2 rings (SSSR count). The molecule has 0 aromatic carbocycles. The number of fused-ring (bicyclic) bond motifs is 1. The Morgan fingerprint density at radius 2 is 1.45 bits per heavy atom. The smallest absolute Gasteiger partial charge is 0.412 e. The molecule has 3 atom stereocenters. The fourth-order valence-electron chi connectivity index (χ4n) is 4.93. The molecule has 5 nitrogen and oxygen atoms in total. The molecule has 0 N–H and O–H groups in total. The molecule has 0 bridgehead atoms. The molecule has 31 heavy (non-hydrogen) atoms. The van der Waals surface area contributed by atoms with E-state index in [1.54, 1.807) is 4.90 Å². The van der Waals surface area contributed by atoms with Gasteiger partial charge >= 0.3 is 6.09 Å². The third-order valence-electron chi connectivity index (χ3n) is 6.50. The molecule has 2 fully saturated rings. The van der Waals surface area contributed by atoms with Crippen LogP contribution in [-0.4, -0.2) is 47.2 Å². The lowest BCUT2D eigenvalue weighted by Crippen LogP contribution is -2.50. The Bertz CT molecular complexity index is 528. The molecule has 0 aliphatic carbocycles. The second kappa shape index (κ2) is 12.4. The van der Waals surface area contributed by atoms with Crippen LogP contribution in [0.5, 0.6) is 0 Å². The molecular formula is C26H49NO4. The van der Waals surface area contributed by atoms with Crippen LogP contribution >= 0.6 is 0 Å². The molecule has 0 radical (unpaired) electrons. The predicted octanol–water partition coefficient (Wildman–Crippen LogP) is 7.22. The number of nitrogens with zero attached hydrogens (tertiary/aromatic N) is 1. The predicted molar refractivity (Wildman–Crippen MR) is 126 cm³/mol. The standard InChI is InChI=1S/C26H49NO4/c1-7-8-9-10-11-12-13-14-15-16-17-18-19-22-23-21(20-29-22)27(26(5,6)30-23)24(28)31-25(2,3)4/h21-23H,7-20H2,1-6H3/t21-,22-,23-/m0/s1. The Kier molecular flexibility index (Phi) is 10.6. The van der Waals surface area contributed by atoms with Crippen molar-refractivity contribution in [1.82, 2.24) is 4.90 Å². The van der Waals surface area contributed by atoms with Crippen LogP contribution in [0.4, 0.5) is 4.79 Å². The molecule has 182 valence electrons. The van der Waals surface area contributed by atoms with Crippen LogP contribution in [0.15, 0.2) is 0 Å². The topological polar surface area (TPSA) is 48.0 Å². The first-order valence-electron chi connectivity index (χ1n) is 13.0. The Labute approximate surface area is 191 Å². The third-order valence-corrected chi connectivity index (χ3v) is 6.50. The quantitative estimate of drug-likeness (QED) is 0.284. The van der Waals surface area contributed by atoms with Gasteiger partial charge in [0.2, 0.25) is 0 Å². The molecule has 1 amide bonds. The summed E-state index contributed by atoms with van der Waals surface area (Å²) in [5.74, 6) is 0. The van der Waals surface area contributed by atoms with Crippen molar-refractivity contribution in [2.45, 2.75) is 155 Å². The van der Waals surface area contributed by atoms with Gasteiger partial charge in [-0.15, -0.1) is 0 Å². The minimum absolute atomic E-state index is 0.0461. The van der Waals surface area contributed by atoms with Crippen molar-refractivity contribution in [3.63, 3.8) is 0 Å².